The zero-order valence-corrected chi connectivity index (χ0v) is 17.4. The van der Waals surface area contributed by atoms with E-state index in [9.17, 15) is 13.6 Å². The molecule has 32 heavy (non-hydrogen) atoms. The first kappa shape index (κ1) is 21.6. The maximum Gasteiger partial charge on any atom is 0.251 e. The number of rotatable bonds is 6. The van der Waals surface area contributed by atoms with Gasteiger partial charge in [-0.3, -0.25) is 4.79 Å². The molecule has 9 heteroatoms. The number of carbonyl (C=O) groups excluding carboxylic acids is 1. The van der Waals surface area contributed by atoms with Crippen molar-refractivity contribution in [2.75, 3.05) is 25.6 Å². The molecule has 0 spiro atoms. The van der Waals surface area contributed by atoms with Gasteiger partial charge in [-0.25, -0.2) is 18.7 Å². The Morgan fingerprint density at radius 3 is 2.56 bits per heavy atom. The third-order valence-electron chi connectivity index (χ3n) is 5.13. The summed E-state index contributed by atoms with van der Waals surface area (Å²) in [5.41, 5.74) is 0.885. The Hall–Kier alpha value is -3.59. The van der Waals surface area contributed by atoms with E-state index in [-0.39, 0.29) is 29.2 Å². The van der Waals surface area contributed by atoms with E-state index in [1.165, 1.54) is 25.3 Å². The summed E-state index contributed by atoms with van der Waals surface area (Å²) in [6, 6.07) is 10.8. The van der Waals surface area contributed by atoms with Crippen molar-refractivity contribution in [2.45, 2.75) is 18.9 Å². The highest BCUT2D eigenvalue weighted by molar-refractivity contribution is 5.94. The number of aromatic nitrogens is 2. The molecule has 0 aliphatic carbocycles. The number of carbonyl (C=O) groups is 1. The van der Waals surface area contributed by atoms with Crippen LogP contribution in [0.15, 0.2) is 48.7 Å². The van der Waals surface area contributed by atoms with Crippen LogP contribution in [-0.4, -0.2) is 42.2 Å². The van der Waals surface area contributed by atoms with Crippen LogP contribution in [0, 0.1) is 11.6 Å². The first-order valence-corrected chi connectivity index (χ1v) is 10.2. The number of anilines is 2. The number of methoxy groups -OCH3 is 1. The molecule has 1 aromatic heterocycles. The van der Waals surface area contributed by atoms with Crippen LogP contribution in [0.2, 0.25) is 0 Å². The van der Waals surface area contributed by atoms with E-state index in [0.29, 0.717) is 30.2 Å². The highest BCUT2D eigenvalue weighted by Crippen LogP contribution is 2.28. The van der Waals surface area contributed by atoms with Crippen molar-refractivity contribution < 1.29 is 23.0 Å². The minimum absolute atomic E-state index is 0.0348. The summed E-state index contributed by atoms with van der Waals surface area (Å²) in [6.45, 7) is 1.29. The summed E-state index contributed by atoms with van der Waals surface area (Å²) in [5, 5.41) is 5.95. The smallest absolute Gasteiger partial charge is 0.251 e. The molecule has 4 rings (SSSR count). The summed E-state index contributed by atoms with van der Waals surface area (Å²) in [4.78, 5) is 20.5. The molecule has 1 amide bonds. The first-order chi connectivity index (χ1) is 15.5. The summed E-state index contributed by atoms with van der Waals surface area (Å²) in [7, 11) is 1.44. The molecule has 1 saturated heterocycles. The minimum Gasteiger partial charge on any atom is -0.497 e. The third-order valence-corrected chi connectivity index (χ3v) is 5.13. The van der Waals surface area contributed by atoms with Crippen LogP contribution in [0.5, 0.6) is 5.75 Å². The zero-order chi connectivity index (χ0) is 22.5. The van der Waals surface area contributed by atoms with E-state index in [4.69, 9.17) is 9.47 Å². The molecular weight excluding hydrogens is 418 g/mol. The number of amides is 1. The summed E-state index contributed by atoms with van der Waals surface area (Å²) < 4.78 is 39.0. The predicted octanol–water partition coefficient (Wildman–Crippen LogP) is 4.08. The lowest BCUT2D eigenvalue weighted by Gasteiger charge is -2.23. The van der Waals surface area contributed by atoms with Crippen molar-refractivity contribution in [3.63, 3.8) is 0 Å². The van der Waals surface area contributed by atoms with Crippen LogP contribution in [-0.2, 0) is 4.74 Å². The van der Waals surface area contributed by atoms with Crippen molar-refractivity contribution in [3.05, 3.63) is 65.9 Å². The number of nitrogens with one attached hydrogen (secondary N) is 2. The number of hydrogen-bond donors (Lipinski definition) is 2. The van der Waals surface area contributed by atoms with E-state index in [1.54, 1.807) is 24.3 Å². The molecule has 1 aliphatic heterocycles. The monoisotopic (exact) mass is 440 g/mol. The molecule has 2 heterocycles. The van der Waals surface area contributed by atoms with Gasteiger partial charge in [0, 0.05) is 36.1 Å². The van der Waals surface area contributed by atoms with Gasteiger partial charge in [0.1, 0.15) is 17.3 Å². The van der Waals surface area contributed by atoms with Crippen LogP contribution in [0.4, 0.5) is 20.4 Å². The van der Waals surface area contributed by atoms with Crippen LogP contribution >= 0.6 is 0 Å². The molecule has 0 unspecified atom stereocenters. The van der Waals surface area contributed by atoms with Crippen molar-refractivity contribution in [3.8, 4) is 17.0 Å². The van der Waals surface area contributed by atoms with Crippen LogP contribution in [0.3, 0.4) is 0 Å². The molecular formula is C23H22F2N4O3. The topological polar surface area (TPSA) is 85.4 Å². The van der Waals surface area contributed by atoms with Gasteiger partial charge in [0.15, 0.2) is 5.82 Å². The molecule has 0 saturated carbocycles. The molecule has 0 atom stereocenters. The van der Waals surface area contributed by atoms with Gasteiger partial charge in [-0.05, 0) is 55.3 Å². The normalized spacial score (nSPS) is 14.1. The molecule has 7 nitrogen and oxygen atoms in total. The number of ether oxygens (including phenoxy) is 2. The van der Waals surface area contributed by atoms with E-state index >= 15 is 0 Å². The van der Waals surface area contributed by atoms with Gasteiger partial charge in [0.05, 0.1) is 13.3 Å². The van der Waals surface area contributed by atoms with Gasteiger partial charge >= 0.3 is 0 Å². The zero-order valence-electron chi connectivity index (χ0n) is 17.4. The van der Waals surface area contributed by atoms with Crippen LogP contribution in [0.1, 0.15) is 23.2 Å². The van der Waals surface area contributed by atoms with E-state index in [0.717, 1.165) is 19.0 Å². The van der Waals surface area contributed by atoms with Crippen LogP contribution < -0.4 is 15.4 Å². The van der Waals surface area contributed by atoms with E-state index in [2.05, 4.69) is 20.6 Å². The van der Waals surface area contributed by atoms with Crippen LogP contribution in [0.25, 0.3) is 11.3 Å². The fourth-order valence-corrected chi connectivity index (χ4v) is 3.37. The highest BCUT2D eigenvalue weighted by atomic mass is 19.1. The molecule has 1 fully saturated rings. The Balaban J connectivity index is 1.49. The van der Waals surface area contributed by atoms with Crippen molar-refractivity contribution >= 4 is 17.5 Å². The molecule has 166 valence electrons. The van der Waals surface area contributed by atoms with Gasteiger partial charge in [0.2, 0.25) is 5.95 Å². The second-order valence-corrected chi connectivity index (χ2v) is 7.30. The highest BCUT2D eigenvalue weighted by Gasteiger charge is 2.18. The van der Waals surface area contributed by atoms with Gasteiger partial charge in [-0.15, -0.1) is 0 Å². The maximum atomic E-state index is 14.3. The van der Waals surface area contributed by atoms with Gasteiger partial charge in [0.25, 0.3) is 5.91 Å². The van der Waals surface area contributed by atoms with Gasteiger partial charge in [-0.2, -0.15) is 0 Å². The van der Waals surface area contributed by atoms with Crippen molar-refractivity contribution in [1.29, 1.82) is 0 Å². The Morgan fingerprint density at radius 1 is 1.09 bits per heavy atom. The molecule has 0 radical (unpaired) electrons. The molecule has 2 N–H and O–H groups in total. The summed E-state index contributed by atoms with van der Waals surface area (Å²) >= 11 is 0. The largest absolute Gasteiger partial charge is 0.497 e. The van der Waals surface area contributed by atoms with E-state index < -0.39 is 11.6 Å². The lowest BCUT2D eigenvalue weighted by molar-refractivity contribution is 0.0696. The second-order valence-electron chi connectivity index (χ2n) is 7.30. The van der Waals surface area contributed by atoms with Crippen molar-refractivity contribution in [1.82, 2.24) is 15.3 Å². The lowest BCUT2D eigenvalue weighted by atomic mass is 10.1. The van der Waals surface area contributed by atoms with Gasteiger partial charge < -0.3 is 20.1 Å². The lowest BCUT2D eigenvalue weighted by Crippen LogP contribution is -2.38. The SMILES string of the molecule is COc1ccc(F)c(-c2nc(Nc3ccc(C(=O)NC4CCOCC4)cc3)ncc2F)c1. The second kappa shape index (κ2) is 9.69. The number of halogens is 2. The fraction of sp³-hybridized carbons (Fsp3) is 0.261. The summed E-state index contributed by atoms with van der Waals surface area (Å²) in [5.74, 6) is -1.08. The Labute approximate surface area is 183 Å². The average Bonchev–Trinajstić information content (AvgIpc) is 2.82. The van der Waals surface area contributed by atoms with Crippen molar-refractivity contribution in [2.24, 2.45) is 0 Å². The summed E-state index contributed by atoms with van der Waals surface area (Å²) in [6.07, 6.45) is 2.56. The number of hydrogen-bond acceptors (Lipinski definition) is 6. The Morgan fingerprint density at radius 2 is 1.84 bits per heavy atom. The Kier molecular flexibility index (Phi) is 6.55. The minimum atomic E-state index is -0.761. The third kappa shape index (κ3) is 5.00. The number of nitrogens with zero attached hydrogens (tertiary/aromatic N) is 2. The standard InChI is InChI=1S/C23H22F2N4O3/c1-31-17-6-7-19(24)18(12-17)21-20(25)13-26-23(29-21)28-15-4-2-14(3-5-15)22(30)27-16-8-10-32-11-9-16/h2-7,12-13,16H,8-11H2,1H3,(H,27,30)(H,26,28,29). The molecule has 2 aromatic carbocycles. The molecule has 0 bridgehead atoms. The Bertz CT molecular complexity index is 1100. The van der Waals surface area contributed by atoms with Gasteiger partial charge in [-0.1, -0.05) is 0 Å². The fourth-order valence-electron chi connectivity index (χ4n) is 3.37. The molecule has 3 aromatic rings. The number of benzene rings is 2. The van der Waals surface area contributed by atoms with E-state index in [1.807, 2.05) is 0 Å². The maximum absolute atomic E-state index is 14.3. The average molecular weight is 440 g/mol. The molecule has 1 aliphatic rings. The quantitative estimate of drug-likeness (QED) is 0.601. The first-order valence-electron chi connectivity index (χ1n) is 10.2. The predicted molar refractivity (Wildman–Crippen MR) is 115 cm³/mol.